The van der Waals surface area contributed by atoms with Gasteiger partial charge in [-0.05, 0) is 51.3 Å². The van der Waals surface area contributed by atoms with Crippen molar-refractivity contribution in [3.05, 3.63) is 40.7 Å². The number of hydrogen-bond donors (Lipinski definition) is 1. The molecule has 8 heteroatoms. The quantitative estimate of drug-likeness (QED) is 0.830. The Kier molecular flexibility index (Phi) is 5.90. The lowest BCUT2D eigenvalue weighted by Crippen LogP contribution is -2.35. The molecule has 1 aliphatic rings. The van der Waals surface area contributed by atoms with Gasteiger partial charge in [0, 0.05) is 37.1 Å². The first-order valence-electron chi connectivity index (χ1n) is 9.60. The summed E-state index contributed by atoms with van der Waals surface area (Å²) in [6.07, 6.45) is 3.04. The second-order valence-corrected chi connectivity index (χ2v) is 9.38. The summed E-state index contributed by atoms with van der Waals surface area (Å²) in [6.45, 7) is 6.77. The summed E-state index contributed by atoms with van der Waals surface area (Å²) in [5.41, 5.74) is 4.03. The Hall–Kier alpha value is -2.19. The number of aromatic nitrogens is 2. The average Bonchev–Trinajstić information content (AvgIpc) is 2.90. The molecule has 0 saturated carbocycles. The Bertz CT molecular complexity index is 989. The fourth-order valence-corrected chi connectivity index (χ4v) is 5.12. The van der Waals surface area contributed by atoms with Gasteiger partial charge in [-0.25, -0.2) is 8.42 Å². The number of sulfonamides is 1. The highest BCUT2D eigenvalue weighted by Gasteiger charge is 2.26. The van der Waals surface area contributed by atoms with E-state index in [0.717, 1.165) is 41.8 Å². The van der Waals surface area contributed by atoms with E-state index in [0.29, 0.717) is 18.8 Å². The lowest BCUT2D eigenvalue weighted by molar-refractivity contribution is -0.115. The standard InChI is InChI=1S/C20H28N4O3S/c1-14-8-9-17(28(26,27)24-10-6-5-7-11-24)12-19(14)21-20(25)13-18-15(2)22-23(4)16(18)3/h8-9,12H,5-7,10-11,13H2,1-4H3,(H,21,25). The minimum atomic E-state index is -3.54. The number of rotatable bonds is 5. The molecule has 0 bridgehead atoms. The van der Waals surface area contributed by atoms with Crippen molar-refractivity contribution in [1.82, 2.24) is 14.1 Å². The number of nitrogens with one attached hydrogen (secondary N) is 1. The van der Waals surface area contributed by atoms with Gasteiger partial charge in [0.2, 0.25) is 15.9 Å². The molecule has 1 amide bonds. The molecule has 152 valence electrons. The third-order valence-corrected chi connectivity index (χ3v) is 7.33. The number of aryl methyl sites for hydroxylation is 3. The number of amides is 1. The molecule has 7 nitrogen and oxygen atoms in total. The third kappa shape index (κ3) is 4.12. The van der Waals surface area contributed by atoms with Crippen LogP contribution in [0.5, 0.6) is 0 Å². The maximum Gasteiger partial charge on any atom is 0.243 e. The van der Waals surface area contributed by atoms with Crippen LogP contribution in [-0.2, 0) is 28.3 Å². The molecule has 0 unspecified atom stereocenters. The van der Waals surface area contributed by atoms with Gasteiger partial charge in [-0.1, -0.05) is 12.5 Å². The van der Waals surface area contributed by atoms with Crippen LogP contribution >= 0.6 is 0 Å². The Morgan fingerprint density at radius 2 is 1.82 bits per heavy atom. The number of nitrogens with zero attached hydrogens (tertiary/aromatic N) is 3. The zero-order valence-electron chi connectivity index (χ0n) is 16.9. The predicted molar refractivity (Wildman–Crippen MR) is 109 cm³/mol. The topological polar surface area (TPSA) is 84.3 Å². The first-order chi connectivity index (χ1) is 13.2. The molecular weight excluding hydrogens is 376 g/mol. The molecule has 1 aromatic carbocycles. The minimum absolute atomic E-state index is 0.185. The molecule has 3 rings (SSSR count). The Balaban J connectivity index is 1.80. The molecule has 1 fully saturated rings. The van der Waals surface area contributed by atoms with Crippen LogP contribution in [0.1, 0.15) is 41.8 Å². The number of benzene rings is 1. The average molecular weight is 405 g/mol. The van der Waals surface area contributed by atoms with Crippen molar-refractivity contribution in [3.63, 3.8) is 0 Å². The maximum absolute atomic E-state index is 12.9. The first-order valence-corrected chi connectivity index (χ1v) is 11.0. The molecule has 1 aliphatic heterocycles. The van der Waals surface area contributed by atoms with Crippen LogP contribution in [0.3, 0.4) is 0 Å². The number of piperidine rings is 1. The molecule has 1 aromatic heterocycles. The Labute approximate surface area is 166 Å². The zero-order chi connectivity index (χ0) is 20.5. The van der Waals surface area contributed by atoms with E-state index in [9.17, 15) is 13.2 Å². The molecule has 28 heavy (non-hydrogen) atoms. The lowest BCUT2D eigenvalue weighted by atomic mass is 10.1. The molecular formula is C20H28N4O3S. The van der Waals surface area contributed by atoms with Crippen molar-refractivity contribution in [3.8, 4) is 0 Å². The molecule has 0 aliphatic carbocycles. The van der Waals surface area contributed by atoms with Crippen LogP contribution in [0.25, 0.3) is 0 Å². The van der Waals surface area contributed by atoms with E-state index >= 15 is 0 Å². The van der Waals surface area contributed by atoms with Crippen LogP contribution in [-0.4, -0.2) is 41.5 Å². The molecule has 1 saturated heterocycles. The summed E-state index contributed by atoms with van der Waals surface area (Å²) in [5.74, 6) is -0.185. The second kappa shape index (κ2) is 8.05. The normalized spacial score (nSPS) is 15.6. The molecule has 0 atom stereocenters. The van der Waals surface area contributed by atoms with Gasteiger partial charge in [-0.15, -0.1) is 0 Å². The van der Waals surface area contributed by atoms with Crippen LogP contribution in [0.4, 0.5) is 5.69 Å². The van der Waals surface area contributed by atoms with Crippen LogP contribution in [0.2, 0.25) is 0 Å². The van der Waals surface area contributed by atoms with E-state index < -0.39 is 10.0 Å². The van der Waals surface area contributed by atoms with Crippen LogP contribution in [0.15, 0.2) is 23.1 Å². The smallest absolute Gasteiger partial charge is 0.243 e. The predicted octanol–water partition coefficient (Wildman–Crippen LogP) is 2.70. The van der Waals surface area contributed by atoms with E-state index in [-0.39, 0.29) is 17.2 Å². The first kappa shape index (κ1) is 20.5. The molecule has 0 spiro atoms. The summed E-state index contributed by atoms with van der Waals surface area (Å²) in [4.78, 5) is 12.8. The SMILES string of the molecule is Cc1ccc(S(=O)(=O)N2CCCCC2)cc1NC(=O)Cc1c(C)nn(C)c1C. The summed E-state index contributed by atoms with van der Waals surface area (Å²) in [7, 11) is -1.69. The van der Waals surface area contributed by atoms with E-state index in [1.807, 2.05) is 27.8 Å². The molecule has 1 N–H and O–H groups in total. The van der Waals surface area contributed by atoms with Gasteiger partial charge in [0.1, 0.15) is 0 Å². The lowest BCUT2D eigenvalue weighted by Gasteiger charge is -2.26. The van der Waals surface area contributed by atoms with Crippen molar-refractivity contribution < 1.29 is 13.2 Å². The number of hydrogen-bond acceptors (Lipinski definition) is 4. The zero-order valence-corrected chi connectivity index (χ0v) is 17.8. The Morgan fingerprint density at radius 1 is 1.14 bits per heavy atom. The largest absolute Gasteiger partial charge is 0.326 e. The monoisotopic (exact) mass is 404 g/mol. The summed E-state index contributed by atoms with van der Waals surface area (Å²) in [5, 5.41) is 7.22. The van der Waals surface area contributed by atoms with Gasteiger partial charge < -0.3 is 5.32 Å². The fourth-order valence-electron chi connectivity index (χ4n) is 3.58. The van der Waals surface area contributed by atoms with Crippen LogP contribution < -0.4 is 5.32 Å². The van der Waals surface area contributed by atoms with Gasteiger partial charge in [0.25, 0.3) is 0 Å². The van der Waals surface area contributed by atoms with Crippen molar-refractivity contribution in [2.24, 2.45) is 7.05 Å². The minimum Gasteiger partial charge on any atom is -0.326 e. The molecule has 2 aromatic rings. The highest BCUT2D eigenvalue weighted by molar-refractivity contribution is 7.89. The van der Waals surface area contributed by atoms with E-state index in [1.54, 1.807) is 22.9 Å². The van der Waals surface area contributed by atoms with Gasteiger partial charge in [-0.3, -0.25) is 9.48 Å². The Morgan fingerprint density at radius 3 is 2.43 bits per heavy atom. The van der Waals surface area contributed by atoms with Crippen LogP contribution in [0, 0.1) is 20.8 Å². The van der Waals surface area contributed by atoms with Crippen molar-refractivity contribution in [1.29, 1.82) is 0 Å². The fraction of sp³-hybridized carbons (Fsp3) is 0.500. The number of anilines is 1. The summed E-state index contributed by atoms with van der Waals surface area (Å²) in [6, 6.07) is 4.93. The highest BCUT2D eigenvalue weighted by atomic mass is 32.2. The highest BCUT2D eigenvalue weighted by Crippen LogP contribution is 2.25. The van der Waals surface area contributed by atoms with Crippen molar-refractivity contribution in [2.75, 3.05) is 18.4 Å². The number of carbonyl (C=O) groups excluding carboxylic acids is 1. The van der Waals surface area contributed by atoms with E-state index in [4.69, 9.17) is 0 Å². The molecule has 0 radical (unpaired) electrons. The molecule has 2 heterocycles. The van der Waals surface area contributed by atoms with Gasteiger partial charge in [-0.2, -0.15) is 9.40 Å². The van der Waals surface area contributed by atoms with Gasteiger partial charge in [0.05, 0.1) is 17.0 Å². The number of carbonyl (C=O) groups is 1. The van der Waals surface area contributed by atoms with E-state index in [1.165, 1.54) is 4.31 Å². The summed E-state index contributed by atoms with van der Waals surface area (Å²) < 4.78 is 29.1. The van der Waals surface area contributed by atoms with Crippen molar-refractivity contribution in [2.45, 2.75) is 51.3 Å². The van der Waals surface area contributed by atoms with Crippen molar-refractivity contribution >= 4 is 21.6 Å². The second-order valence-electron chi connectivity index (χ2n) is 7.44. The van der Waals surface area contributed by atoms with Gasteiger partial charge in [0.15, 0.2) is 0 Å². The third-order valence-electron chi connectivity index (χ3n) is 5.43. The maximum atomic E-state index is 12.9. The van der Waals surface area contributed by atoms with E-state index in [2.05, 4.69) is 10.4 Å². The van der Waals surface area contributed by atoms with Gasteiger partial charge >= 0.3 is 0 Å². The summed E-state index contributed by atoms with van der Waals surface area (Å²) >= 11 is 0.